The van der Waals surface area contributed by atoms with Gasteiger partial charge in [0, 0.05) is 10.6 Å². The molecule has 0 spiro atoms. The number of amides is 1. The van der Waals surface area contributed by atoms with Crippen LogP contribution in [0.25, 0.3) is 0 Å². The molecule has 0 bridgehead atoms. The van der Waals surface area contributed by atoms with Gasteiger partial charge in [0.15, 0.2) is 6.61 Å². The first-order valence-corrected chi connectivity index (χ1v) is 7.77. The minimum Gasteiger partial charge on any atom is -0.455 e. The van der Waals surface area contributed by atoms with Crippen LogP contribution in [0.5, 0.6) is 0 Å². The maximum atomic E-state index is 13.6. The van der Waals surface area contributed by atoms with Crippen LogP contribution in [0.15, 0.2) is 36.4 Å². The molecule has 0 aliphatic carbocycles. The number of carbonyl (C=O) groups excluding carboxylic acids is 2. The summed E-state index contributed by atoms with van der Waals surface area (Å²) >= 11 is 11.8. The number of rotatable bonds is 5. The maximum Gasteiger partial charge on any atom is 0.310 e. The van der Waals surface area contributed by atoms with Crippen LogP contribution in [-0.4, -0.2) is 18.5 Å². The lowest BCUT2D eigenvalue weighted by Crippen LogP contribution is -2.22. The Kier molecular flexibility index (Phi) is 6.17. The summed E-state index contributed by atoms with van der Waals surface area (Å²) in [5.74, 6) is -1.91. The van der Waals surface area contributed by atoms with E-state index >= 15 is 0 Å². The monoisotopic (exact) mass is 369 g/mol. The summed E-state index contributed by atoms with van der Waals surface area (Å²) in [6.07, 6.45) is -0.357. The van der Waals surface area contributed by atoms with E-state index in [9.17, 15) is 14.0 Å². The Balaban J connectivity index is 1.88. The fraction of sp³-hybridized carbons (Fsp3) is 0.176. The van der Waals surface area contributed by atoms with Crippen molar-refractivity contribution in [2.75, 3.05) is 11.9 Å². The first-order valence-electron chi connectivity index (χ1n) is 7.01. The molecule has 4 nitrogen and oxygen atoms in total. The van der Waals surface area contributed by atoms with Gasteiger partial charge in [0.25, 0.3) is 5.91 Å². The van der Waals surface area contributed by atoms with Gasteiger partial charge in [-0.2, -0.15) is 0 Å². The van der Waals surface area contributed by atoms with E-state index in [-0.39, 0.29) is 17.0 Å². The Labute approximate surface area is 148 Å². The molecule has 0 aromatic heterocycles. The highest BCUT2D eigenvalue weighted by Gasteiger charge is 2.14. The Morgan fingerprint density at radius 1 is 1.17 bits per heavy atom. The molecule has 1 N–H and O–H groups in total. The predicted molar refractivity (Wildman–Crippen MR) is 90.9 cm³/mol. The van der Waals surface area contributed by atoms with Gasteiger partial charge >= 0.3 is 5.97 Å². The summed E-state index contributed by atoms with van der Waals surface area (Å²) in [6.45, 7) is 1.36. The van der Waals surface area contributed by atoms with Crippen molar-refractivity contribution in [2.24, 2.45) is 0 Å². The minimum atomic E-state index is -0.757. The van der Waals surface area contributed by atoms with Crippen molar-refractivity contribution in [2.45, 2.75) is 13.3 Å². The molecule has 0 saturated heterocycles. The number of hydrogen-bond acceptors (Lipinski definition) is 3. The Hall–Kier alpha value is -2.11. The second-order valence-electron chi connectivity index (χ2n) is 5.07. The van der Waals surface area contributed by atoms with E-state index in [1.54, 1.807) is 18.2 Å². The van der Waals surface area contributed by atoms with Crippen molar-refractivity contribution in [3.63, 3.8) is 0 Å². The summed E-state index contributed by atoms with van der Waals surface area (Å²) in [5, 5.41) is 3.04. The second-order valence-corrected chi connectivity index (χ2v) is 5.88. The minimum absolute atomic E-state index is 0.0335. The Morgan fingerprint density at radius 3 is 2.58 bits per heavy atom. The molecule has 1 amide bonds. The van der Waals surface area contributed by atoms with Crippen LogP contribution in [0.1, 0.15) is 11.1 Å². The molecule has 2 aromatic rings. The highest BCUT2D eigenvalue weighted by Crippen LogP contribution is 2.22. The number of anilines is 1. The highest BCUT2D eigenvalue weighted by atomic mass is 35.5. The molecule has 0 radical (unpaired) electrons. The first kappa shape index (κ1) is 18.2. The molecule has 0 atom stereocenters. The molecular weight excluding hydrogens is 356 g/mol. The third-order valence-electron chi connectivity index (χ3n) is 3.15. The van der Waals surface area contributed by atoms with E-state index in [1.165, 1.54) is 18.2 Å². The molecule has 0 heterocycles. The lowest BCUT2D eigenvalue weighted by molar-refractivity contribution is -0.146. The van der Waals surface area contributed by atoms with Gasteiger partial charge in [-0.1, -0.05) is 35.3 Å². The van der Waals surface area contributed by atoms with Gasteiger partial charge in [0.1, 0.15) is 5.82 Å². The van der Waals surface area contributed by atoms with Crippen molar-refractivity contribution in [1.29, 1.82) is 0 Å². The molecule has 7 heteroatoms. The summed E-state index contributed by atoms with van der Waals surface area (Å²) in [6, 6.07) is 9.23. The first-order chi connectivity index (χ1) is 11.4. The molecule has 2 rings (SSSR count). The highest BCUT2D eigenvalue weighted by molar-refractivity contribution is 6.33. The van der Waals surface area contributed by atoms with E-state index < -0.39 is 24.3 Å². The van der Waals surface area contributed by atoms with Crippen LogP contribution in [-0.2, 0) is 20.7 Å². The number of ether oxygens (including phenoxy) is 1. The Bertz CT molecular complexity index is 760. The molecule has 0 saturated carbocycles. The number of halogens is 3. The second kappa shape index (κ2) is 8.13. The molecule has 2 aromatic carbocycles. The SMILES string of the molecule is Cc1ccc(NC(=O)COC(=O)Cc2c(F)cccc2Cl)c(Cl)c1. The summed E-state index contributed by atoms with van der Waals surface area (Å²) < 4.78 is 18.4. The lowest BCUT2D eigenvalue weighted by atomic mass is 10.1. The third-order valence-corrected chi connectivity index (χ3v) is 3.81. The average Bonchev–Trinajstić information content (AvgIpc) is 2.52. The van der Waals surface area contributed by atoms with Crippen molar-refractivity contribution in [3.8, 4) is 0 Å². The number of hydrogen-bond donors (Lipinski definition) is 1. The fourth-order valence-corrected chi connectivity index (χ4v) is 2.46. The predicted octanol–water partition coefficient (Wildman–Crippen LogP) is 4.17. The van der Waals surface area contributed by atoms with Gasteiger partial charge in [0.05, 0.1) is 17.1 Å². The standard InChI is InChI=1S/C17H14Cl2FNO3/c1-10-5-6-15(13(19)7-10)21-16(22)9-24-17(23)8-11-12(18)3-2-4-14(11)20/h2-7H,8-9H2,1H3,(H,21,22). The van der Waals surface area contributed by atoms with Gasteiger partial charge in [-0.15, -0.1) is 0 Å². The van der Waals surface area contributed by atoms with Crippen molar-refractivity contribution < 1.29 is 18.7 Å². The summed E-state index contributed by atoms with van der Waals surface area (Å²) in [5.41, 5.74) is 1.40. The number of carbonyl (C=O) groups is 2. The van der Waals surface area contributed by atoms with E-state index in [0.29, 0.717) is 10.7 Å². The van der Waals surface area contributed by atoms with Gasteiger partial charge in [-0.05, 0) is 36.8 Å². The van der Waals surface area contributed by atoms with Crippen LogP contribution in [0, 0.1) is 12.7 Å². The summed E-state index contributed by atoms with van der Waals surface area (Å²) in [7, 11) is 0. The van der Waals surface area contributed by atoms with E-state index in [0.717, 1.165) is 5.56 Å². The number of benzene rings is 2. The van der Waals surface area contributed by atoms with E-state index in [2.05, 4.69) is 5.32 Å². The number of esters is 1. The number of nitrogens with one attached hydrogen (secondary N) is 1. The zero-order valence-corrected chi connectivity index (χ0v) is 14.2. The average molecular weight is 370 g/mol. The fourth-order valence-electron chi connectivity index (χ4n) is 1.95. The van der Waals surface area contributed by atoms with Crippen LogP contribution in [0.2, 0.25) is 10.0 Å². The zero-order chi connectivity index (χ0) is 17.7. The molecule has 126 valence electrons. The molecule has 0 unspecified atom stereocenters. The molecule has 0 aliphatic heterocycles. The van der Waals surface area contributed by atoms with Gasteiger partial charge in [-0.25, -0.2) is 4.39 Å². The third kappa shape index (κ3) is 4.94. The quantitative estimate of drug-likeness (QED) is 0.804. The number of aryl methyl sites for hydroxylation is 1. The van der Waals surface area contributed by atoms with Crippen molar-refractivity contribution in [1.82, 2.24) is 0 Å². The molecular formula is C17H14Cl2FNO3. The smallest absolute Gasteiger partial charge is 0.310 e. The van der Waals surface area contributed by atoms with Gasteiger partial charge in [0.2, 0.25) is 0 Å². The van der Waals surface area contributed by atoms with Crippen molar-refractivity contribution in [3.05, 3.63) is 63.4 Å². The lowest BCUT2D eigenvalue weighted by Gasteiger charge is -2.09. The molecule has 24 heavy (non-hydrogen) atoms. The maximum absolute atomic E-state index is 13.6. The normalized spacial score (nSPS) is 10.3. The van der Waals surface area contributed by atoms with E-state index in [1.807, 2.05) is 6.92 Å². The zero-order valence-electron chi connectivity index (χ0n) is 12.7. The topological polar surface area (TPSA) is 55.4 Å². The van der Waals surface area contributed by atoms with Crippen LogP contribution in [0.4, 0.5) is 10.1 Å². The van der Waals surface area contributed by atoms with Crippen LogP contribution >= 0.6 is 23.2 Å². The molecule has 0 fully saturated rings. The van der Waals surface area contributed by atoms with E-state index in [4.69, 9.17) is 27.9 Å². The largest absolute Gasteiger partial charge is 0.455 e. The molecule has 0 aliphatic rings. The van der Waals surface area contributed by atoms with Crippen LogP contribution in [0.3, 0.4) is 0 Å². The summed E-state index contributed by atoms with van der Waals surface area (Å²) in [4.78, 5) is 23.5. The van der Waals surface area contributed by atoms with Gasteiger partial charge < -0.3 is 10.1 Å². The van der Waals surface area contributed by atoms with Crippen LogP contribution < -0.4 is 5.32 Å². The van der Waals surface area contributed by atoms with Gasteiger partial charge in [-0.3, -0.25) is 9.59 Å². The van der Waals surface area contributed by atoms with Crippen molar-refractivity contribution >= 4 is 40.8 Å². The Morgan fingerprint density at radius 2 is 1.92 bits per heavy atom.